The average molecular weight is 504 g/mol. The summed E-state index contributed by atoms with van der Waals surface area (Å²) in [4.78, 5) is 0. The van der Waals surface area contributed by atoms with E-state index in [1.807, 2.05) is 91.2 Å². The molecule has 0 saturated carbocycles. The van der Waals surface area contributed by atoms with E-state index in [2.05, 4.69) is 0 Å². The number of nitriles is 3. The monoisotopic (exact) mass is 503 g/mol. The van der Waals surface area contributed by atoms with Crippen LogP contribution in [0.1, 0.15) is 0 Å². The van der Waals surface area contributed by atoms with Crippen LogP contribution >= 0.6 is 0 Å². The molecule has 0 spiro atoms. The van der Waals surface area contributed by atoms with Gasteiger partial charge in [-0.3, -0.25) is 0 Å². The minimum Gasteiger partial charge on any atom is -0.387 e. The van der Waals surface area contributed by atoms with Crippen LogP contribution in [-0.4, -0.2) is 0 Å². The van der Waals surface area contributed by atoms with Crippen molar-refractivity contribution in [3.63, 3.8) is 0 Å². The molecule has 6 nitrogen and oxygen atoms in total. The lowest BCUT2D eigenvalue weighted by molar-refractivity contribution is 0.512. The third-order valence-electron chi connectivity index (χ3n) is 6.80. The van der Waals surface area contributed by atoms with Gasteiger partial charge in [-0.1, -0.05) is 84.9 Å². The normalized spacial score (nSPS) is 10.5. The van der Waals surface area contributed by atoms with Crippen LogP contribution < -0.4 is 14.2 Å². The zero-order chi connectivity index (χ0) is 26.8. The van der Waals surface area contributed by atoms with Crippen molar-refractivity contribution in [3.05, 3.63) is 103 Å². The predicted octanol–water partition coefficient (Wildman–Crippen LogP) is 8.06. The maximum absolute atomic E-state index is 9.47. The fraction of sp³-hybridized carbons (Fsp3) is 0. The largest absolute Gasteiger partial charge is 0.387 e. The van der Waals surface area contributed by atoms with Gasteiger partial charge in [0.1, 0.15) is 5.75 Å². The summed E-state index contributed by atoms with van der Waals surface area (Å²) in [7, 11) is 0. The molecular formula is C33H17N3O3. The molecule has 0 heterocycles. The second-order valence-electron chi connectivity index (χ2n) is 8.74. The molecule has 0 amide bonds. The van der Waals surface area contributed by atoms with Crippen LogP contribution in [0.3, 0.4) is 0 Å². The van der Waals surface area contributed by atoms with Gasteiger partial charge in [0.2, 0.25) is 0 Å². The topological polar surface area (TPSA) is 99.1 Å². The molecule has 0 N–H and O–H groups in total. The third-order valence-corrected chi connectivity index (χ3v) is 6.80. The van der Waals surface area contributed by atoms with Crippen LogP contribution in [-0.2, 0) is 0 Å². The number of fused-ring (bicyclic) bond motifs is 3. The van der Waals surface area contributed by atoms with Gasteiger partial charge >= 0.3 is 0 Å². The molecule has 0 radical (unpaired) electrons. The summed E-state index contributed by atoms with van der Waals surface area (Å²) in [5.41, 5.74) is 3.53. The number of nitrogens with zero attached hydrogens (tertiary/aromatic N) is 3. The summed E-state index contributed by atoms with van der Waals surface area (Å²) in [5, 5.41) is 32.9. The van der Waals surface area contributed by atoms with Crippen molar-refractivity contribution in [1.29, 1.82) is 15.8 Å². The van der Waals surface area contributed by atoms with Crippen LogP contribution in [0.25, 0.3) is 54.6 Å². The molecule has 0 saturated heterocycles. The Hall–Kier alpha value is -6.03. The second-order valence-corrected chi connectivity index (χ2v) is 8.74. The van der Waals surface area contributed by atoms with Crippen LogP contribution in [0.2, 0.25) is 0 Å². The van der Waals surface area contributed by atoms with Gasteiger partial charge in [-0.2, -0.15) is 0 Å². The SMILES string of the molecule is N#COc1cccc2c(-c3ccc(-c4cccc5cccc(OC#N)c45)c4c(OC#N)cccc34)cccc12. The summed E-state index contributed by atoms with van der Waals surface area (Å²) >= 11 is 0. The molecule has 6 aromatic rings. The molecule has 0 aliphatic carbocycles. The molecule has 0 aliphatic heterocycles. The Labute approximate surface area is 223 Å². The van der Waals surface area contributed by atoms with E-state index >= 15 is 0 Å². The average Bonchev–Trinajstić information content (AvgIpc) is 2.97. The quantitative estimate of drug-likeness (QED) is 0.221. The Kier molecular flexibility index (Phi) is 5.87. The zero-order valence-electron chi connectivity index (χ0n) is 20.4. The lowest BCUT2D eigenvalue weighted by atomic mass is 9.88. The van der Waals surface area contributed by atoms with Gasteiger partial charge in [-0.05, 0) is 56.6 Å². The molecular weight excluding hydrogens is 486 g/mol. The summed E-state index contributed by atoms with van der Waals surface area (Å²) in [6, 6.07) is 32.5. The fourth-order valence-electron chi connectivity index (χ4n) is 5.29. The number of hydrogen-bond acceptors (Lipinski definition) is 6. The molecule has 0 atom stereocenters. The van der Waals surface area contributed by atoms with Gasteiger partial charge in [0.05, 0.1) is 0 Å². The van der Waals surface area contributed by atoms with Crippen molar-refractivity contribution in [2.24, 2.45) is 0 Å². The predicted molar refractivity (Wildman–Crippen MR) is 149 cm³/mol. The Morgan fingerprint density at radius 2 is 0.846 bits per heavy atom. The van der Waals surface area contributed by atoms with Gasteiger partial charge in [0.25, 0.3) is 18.8 Å². The Morgan fingerprint density at radius 3 is 1.59 bits per heavy atom. The Balaban J connectivity index is 1.70. The van der Waals surface area contributed by atoms with Crippen molar-refractivity contribution in [1.82, 2.24) is 0 Å². The smallest absolute Gasteiger partial charge is 0.292 e. The minimum absolute atomic E-state index is 0.413. The fourth-order valence-corrected chi connectivity index (χ4v) is 5.29. The lowest BCUT2D eigenvalue weighted by Gasteiger charge is -2.17. The van der Waals surface area contributed by atoms with Crippen LogP contribution in [0.4, 0.5) is 0 Å². The van der Waals surface area contributed by atoms with E-state index in [0.717, 1.165) is 54.6 Å². The molecule has 0 unspecified atom stereocenters. The van der Waals surface area contributed by atoms with E-state index in [1.165, 1.54) is 0 Å². The van der Waals surface area contributed by atoms with E-state index in [1.54, 1.807) is 30.7 Å². The summed E-state index contributed by atoms with van der Waals surface area (Å²) in [6.45, 7) is 0. The van der Waals surface area contributed by atoms with Crippen molar-refractivity contribution in [2.45, 2.75) is 0 Å². The van der Waals surface area contributed by atoms with Crippen LogP contribution in [0.15, 0.2) is 103 Å². The number of benzene rings is 6. The van der Waals surface area contributed by atoms with Crippen molar-refractivity contribution in [3.8, 4) is 58.3 Å². The first-order valence-corrected chi connectivity index (χ1v) is 12.0. The van der Waals surface area contributed by atoms with Crippen LogP contribution in [0, 0.1) is 34.6 Å². The van der Waals surface area contributed by atoms with Crippen molar-refractivity contribution >= 4 is 32.3 Å². The highest BCUT2D eigenvalue weighted by Crippen LogP contribution is 2.45. The van der Waals surface area contributed by atoms with Crippen LogP contribution in [0.5, 0.6) is 17.2 Å². The standard InChI is InChI=1S/C33H17N3O3/c34-18-37-29-13-4-9-23-22(8-3-10-25(23)29)24-16-17-28(33-26(24)12-5-15-31(33)39-20-36)27-11-1-6-21-7-2-14-30(32(21)27)38-19-35/h1-17H. The molecule has 0 bridgehead atoms. The highest BCUT2D eigenvalue weighted by atomic mass is 16.5. The highest BCUT2D eigenvalue weighted by Gasteiger charge is 2.19. The summed E-state index contributed by atoms with van der Waals surface area (Å²) in [6.07, 6.45) is 5.37. The first-order valence-electron chi connectivity index (χ1n) is 12.0. The Morgan fingerprint density at radius 1 is 0.385 bits per heavy atom. The molecule has 0 aromatic heterocycles. The van der Waals surface area contributed by atoms with E-state index in [9.17, 15) is 10.5 Å². The number of rotatable bonds is 5. The molecule has 6 aromatic carbocycles. The first kappa shape index (κ1) is 23.4. The summed E-state index contributed by atoms with van der Waals surface area (Å²) in [5.74, 6) is 1.34. The molecule has 0 aliphatic rings. The van der Waals surface area contributed by atoms with Gasteiger partial charge < -0.3 is 14.2 Å². The highest BCUT2D eigenvalue weighted by molar-refractivity contribution is 6.15. The zero-order valence-corrected chi connectivity index (χ0v) is 20.4. The summed E-state index contributed by atoms with van der Waals surface area (Å²) < 4.78 is 16.0. The van der Waals surface area contributed by atoms with E-state index in [-0.39, 0.29) is 0 Å². The van der Waals surface area contributed by atoms with Gasteiger partial charge in [0.15, 0.2) is 11.5 Å². The molecule has 6 rings (SSSR count). The van der Waals surface area contributed by atoms with E-state index in [4.69, 9.17) is 19.5 Å². The van der Waals surface area contributed by atoms with Gasteiger partial charge in [0, 0.05) is 16.2 Å². The lowest BCUT2D eigenvalue weighted by Crippen LogP contribution is -1.93. The number of ether oxygens (including phenoxy) is 3. The van der Waals surface area contributed by atoms with Crippen molar-refractivity contribution in [2.75, 3.05) is 0 Å². The van der Waals surface area contributed by atoms with E-state index < -0.39 is 0 Å². The first-order chi connectivity index (χ1) is 19.2. The van der Waals surface area contributed by atoms with E-state index in [0.29, 0.717) is 17.2 Å². The van der Waals surface area contributed by atoms with Crippen molar-refractivity contribution < 1.29 is 14.2 Å². The second kappa shape index (κ2) is 9.79. The maximum Gasteiger partial charge on any atom is 0.292 e. The molecule has 182 valence electrons. The van der Waals surface area contributed by atoms with Gasteiger partial charge in [-0.15, -0.1) is 15.8 Å². The maximum atomic E-state index is 9.47. The Bertz CT molecular complexity index is 2040. The van der Waals surface area contributed by atoms with Gasteiger partial charge in [-0.25, -0.2) is 0 Å². The minimum atomic E-state index is 0.413. The molecule has 39 heavy (non-hydrogen) atoms. The molecule has 0 fully saturated rings. The number of hydrogen-bond donors (Lipinski definition) is 0. The third kappa shape index (κ3) is 3.89. The molecule has 6 heteroatoms.